The molecule has 0 saturated carbocycles. The predicted octanol–water partition coefficient (Wildman–Crippen LogP) is 5.79. The summed E-state index contributed by atoms with van der Waals surface area (Å²) in [6, 6.07) is 8.17. The van der Waals surface area contributed by atoms with Crippen molar-refractivity contribution >= 4 is 17.6 Å². The highest BCUT2D eigenvalue weighted by Crippen LogP contribution is 2.17. The van der Waals surface area contributed by atoms with Crippen LogP contribution in [0.3, 0.4) is 0 Å². The lowest BCUT2D eigenvalue weighted by Gasteiger charge is -2.15. The molecule has 0 amide bonds. The van der Waals surface area contributed by atoms with E-state index in [1.807, 2.05) is 71.6 Å². The average molecular weight is 432 g/mol. The molecule has 0 unspecified atom stereocenters. The first-order valence-electron chi connectivity index (χ1n) is 10.4. The number of allylic oxidation sites excluding steroid dienone is 4. The molecule has 0 aliphatic rings. The molecule has 0 saturated heterocycles. The third kappa shape index (κ3) is 8.96. The van der Waals surface area contributed by atoms with Crippen molar-refractivity contribution in [2.45, 2.75) is 20.3 Å². The minimum absolute atomic E-state index is 0.688. The second-order valence-corrected chi connectivity index (χ2v) is 7.58. The summed E-state index contributed by atoms with van der Waals surface area (Å²) in [5.74, 6) is 0. The van der Waals surface area contributed by atoms with Gasteiger partial charge in [-0.15, -0.1) is 0 Å². The quantitative estimate of drug-likeness (QED) is 0.236. The minimum Gasteiger partial charge on any atom is -0.378 e. The summed E-state index contributed by atoms with van der Waals surface area (Å²) < 4.78 is 0. The van der Waals surface area contributed by atoms with E-state index in [9.17, 15) is 0 Å². The van der Waals surface area contributed by atoms with Gasteiger partial charge in [0.2, 0.25) is 0 Å². The lowest BCUT2D eigenvalue weighted by atomic mass is 10.1. The van der Waals surface area contributed by atoms with Gasteiger partial charge >= 0.3 is 0 Å². The molecule has 0 spiro atoms. The molecule has 2 N–H and O–H groups in total. The van der Waals surface area contributed by atoms with E-state index >= 15 is 0 Å². The van der Waals surface area contributed by atoms with E-state index < -0.39 is 0 Å². The molecule has 1 aromatic rings. The summed E-state index contributed by atoms with van der Waals surface area (Å²) >= 11 is 0. The van der Waals surface area contributed by atoms with Gasteiger partial charge in [0, 0.05) is 55.8 Å². The largest absolute Gasteiger partial charge is 0.378 e. The van der Waals surface area contributed by atoms with Gasteiger partial charge in [0.15, 0.2) is 0 Å². The molecule has 32 heavy (non-hydrogen) atoms. The Morgan fingerprint density at radius 1 is 0.969 bits per heavy atom. The monoisotopic (exact) mass is 431 g/mol. The summed E-state index contributed by atoms with van der Waals surface area (Å²) in [5, 5.41) is 12.4. The Bertz CT molecular complexity index is 943. The number of hydrazone groups is 1. The molecule has 0 aliphatic carbocycles. The van der Waals surface area contributed by atoms with Crippen molar-refractivity contribution in [3.05, 3.63) is 109 Å². The lowest BCUT2D eigenvalue weighted by Crippen LogP contribution is -2.14. The lowest BCUT2D eigenvalue weighted by molar-refractivity contribution is 0.464. The zero-order valence-electron chi connectivity index (χ0n) is 20.2. The maximum absolute atomic E-state index is 4.26. The fraction of sp³-hybridized carbons (Fsp3) is 0.222. The molecule has 0 aliphatic heterocycles. The molecule has 0 aromatic heterocycles. The number of rotatable bonds is 13. The van der Waals surface area contributed by atoms with Crippen LogP contribution in [0.1, 0.15) is 25.8 Å². The Morgan fingerprint density at radius 3 is 2.16 bits per heavy atom. The number of likely N-dealkylation sites (N-methyl/N-ethyl adjacent to an activating group) is 1. The Morgan fingerprint density at radius 2 is 1.59 bits per heavy atom. The number of hydrogen-bond donors (Lipinski definition) is 2. The second kappa shape index (κ2) is 12.8. The van der Waals surface area contributed by atoms with Crippen LogP contribution in [0.2, 0.25) is 0 Å². The van der Waals surface area contributed by atoms with Crippen molar-refractivity contribution < 1.29 is 0 Å². The van der Waals surface area contributed by atoms with E-state index in [0.29, 0.717) is 5.70 Å². The average Bonchev–Trinajstić information content (AvgIpc) is 2.74. The molecular weight excluding hydrogens is 394 g/mol. The number of hydrogen-bond acceptors (Lipinski definition) is 5. The summed E-state index contributed by atoms with van der Waals surface area (Å²) in [6.07, 6.45) is 8.31. The van der Waals surface area contributed by atoms with Crippen molar-refractivity contribution in [1.82, 2.24) is 15.6 Å². The zero-order chi connectivity index (χ0) is 24.3. The van der Waals surface area contributed by atoms with Gasteiger partial charge in [-0.2, -0.15) is 5.10 Å². The highest BCUT2D eigenvalue weighted by Gasteiger charge is 2.03. The molecule has 0 fully saturated rings. The molecule has 0 atom stereocenters. The summed E-state index contributed by atoms with van der Waals surface area (Å²) in [7, 11) is 5.88. The standard InChI is InChI=1S/C27H37N5/c1-11-18-28-32(10)23(5)13-12-20(2)24(6)29-21(3)19-22(4)30-25(7)26-14-16-27(17-15-26)31(8)9/h12-19,29-30H,2,4-7,11H2,1,3,8-10H3/b13-12-,21-19+,28-18-. The van der Waals surface area contributed by atoms with Crippen LogP contribution in [-0.2, 0) is 0 Å². The third-order valence-electron chi connectivity index (χ3n) is 4.50. The molecule has 0 heterocycles. The third-order valence-corrected chi connectivity index (χ3v) is 4.50. The smallest absolute Gasteiger partial charge is 0.0518 e. The van der Waals surface area contributed by atoms with Crippen molar-refractivity contribution in [2.75, 3.05) is 26.0 Å². The molecule has 1 aromatic carbocycles. The van der Waals surface area contributed by atoms with E-state index in [1.165, 1.54) is 0 Å². The van der Waals surface area contributed by atoms with E-state index in [4.69, 9.17) is 0 Å². The fourth-order valence-electron chi connectivity index (χ4n) is 2.56. The Labute approximate surface area is 194 Å². The van der Waals surface area contributed by atoms with Crippen LogP contribution in [0.5, 0.6) is 0 Å². The SMILES string of the molecule is C=C(/C=C(\C)NC(=C)C(=C)/C=C\C(=C)N(C)/N=C\CC)NC(=C)c1ccc(N(C)C)cc1. The van der Waals surface area contributed by atoms with Crippen LogP contribution in [0.4, 0.5) is 5.69 Å². The number of anilines is 1. The topological polar surface area (TPSA) is 42.9 Å². The Balaban J connectivity index is 2.63. The minimum atomic E-state index is 0.688. The number of benzene rings is 1. The zero-order valence-corrected chi connectivity index (χ0v) is 20.2. The second-order valence-electron chi connectivity index (χ2n) is 7.58. The molecule has 5 heteroatoms. The summed E-state index contributed by atoms with van der Waals surface area (Å²) in [4.78, 5) is 2.06. The summed E-state index contributed by atoms with van der Waals surface area (Å²) in [5.41, 5.74) is 6.71. The van der Waals surface area contributed by atoms with Gasteiger partial charge in [-0.1, -0.05) is 58.0 Å². The maximum atomic E-state index is 4.26. The van der Waals surface area contributed by atoms with Gasteiger partial charge < -0.3 is 15.5 Å². The fourth-order valence-corrected chi connectivity index (χ4v) is 2.56. The Hall–Kier alpha value is -3.73. The Kier molecular flexibility index (Phi) is 10.6. The van der Waals surface area contributed by atoms with Gasteiger partial charge in [-0.3, -0.25) is 5.01 Å². The number of nitrogens with one attached hydrogen (secondary N) is 2. The van der Waals surface area contributed by atoms with Crippen molar-refractivity contribution in [1.29, 1.82) is 0 Å². The molecule has 0 radical (unpaired) electrons. The van der Waals surface area contributed by atoms with Gasteiger partial charge in [-0.05, 0) is 48.8 Å². The molecule has 1 rings (SSSR count). The van der Waals surface area contributed by atoms with Gasteiger partial charge in [0.05, 0.1) is 5.70 Å². The van der Waals surface area contributed by atoms with Crippen molar-refractivity contribution in [2.24, 2.45) is 5.10 Å². The molecule has 5 nitrogen and oxygen atoms in total. The van der Waals surface area contributed by atoms with Gasteiger partial charge in [-0.25, -0.2) is 0 Å². The van der Waals surface area contributed by atoms with Crippen LogP contribution in [-0.4, -0.2) is 32.4 Å². The first kappa shape index (κ1) is 26.3. The summed E-state index contributed by atoms with van der Waals surface area (Å²) in [6.45, 7) is 24.3. The first-order chi connectivity index (χ1) is 15.0. The van der Waals surface area contributed by atoms with Crippen LogP contribution < -0.4 is 15.5 Å². The highest BCUT2D eigenvalue weighted by atomic mass is 15.4. The molecule has 170 valence electrons. The van der Waals surface area contributed by atoms with Crippen LogP contribution in [0, 0.1) is 0 Å². The van der Waals surface area contributed by atoms with Crippen molar-refractivity contribution in [3.8, 4) is 0 Å². The van der Waals surface area contributed by atoms with Crippen LogP contribution in [0.15, 0.2) is 109 Å². The molecular formula is C27H37N5. The van der Waals surface area contributed by atoms with E-state index in [-0.39, 0.29) is 0 Å². The predicted molar refractivity (Wildman–Crippen MR) is 142 cm³/mol. The van der Waals surface area contributed by atoms with Crippen LogP contribution in [0.25, 0.3) is 5.70 Å². The maximum Gasteiger partial charge on any atom is 0.0518 e. The van der Waals surface area contributed by atoms with E-state index in [0.717, 1.165) is 46.0 Å². The van der Waals surface area contributed by atoms with Gasteiger partial charge in [0.25, 0.3) is 0 Å². The first-order valence-corrected chi connectivity index (χ1v) is 10.4. The van der Waals surface area contributed by atoms with Crippen molar-refractivity contribution in [3.63, 3.8) is 0 Å². The van der Waals surface area contributed by atoms with E-state index in [2.05, 4.69) is 65.7 Å². The van der Waals surface area contributed by atoms with E-state index in [1.54, 1.807) is 5.01 Å². The van der Waals surface area contributed by atoms with Crippen LogP contribution >= 0.6 is 0 Å². The van der Waals surface area contributed by atoms with Gasteiger partial charge in [0.1, 0.15) is 0 Å². The normalized spacial score (nSPS) is 11.3. The molecule has 0 bridgehead atoms. The highest BCUT2D eigenvalue weighted by molar-refractivity contribution is 5.66. The number of nitrogens with zero attached hydrogens (tertiary/aromatic N) is 3.